The standard InChI is InChI=1S/C22H22/c1-16(2)20-13-14-21(19-11-9-17(3)10-12-19)22(15-20)18-7-5-4-6-8-18/h4-16H,1-3H3. The van der Waals surface area contributed by atoms with Gasteiger partial charge in [-0.05, 0) is 40.7 Å². The molecule has 0 heteroatoms. The third-order valence-corrected chi connectivity index (χ3v) is 4.16. The first kappa shape index (κ1) is 14.6. The first-order chi connectivity index (χ1) is 10.6. The van der Waals surface area contributed by atoms with E-state index in [0.717, 1.165) is 0 Å². The second-order valence-corrected chi connectivity index (χ2v) is 6.19. The quantitative estimate of drug-likeness (QED) is 0.519. The maximum absolute atomic E-state index is 2.34. The molecule has 0 amide bonds. The molecule has 0 bridgehead atoms. The van der Waals surface area contributed by atoms with E-state index in [1.54, 1.807) is 0 Å². The number of hydrogen-bond donors (Lipinski definition) is 0. The lowest BCUT2D eigenvalue weighted by atomic mass is 9.90. The summed E-state index contributed by atoms with van der Waals surface area (Å²) in [4.78, 5) is 0. The Labute approximate surface area is 133 Å². The van der Waals surface area contributed by atoms with Crippen LogP contribution in [0.4, 0.5) is 0 Å². The van der Waals surface area contributed by atoms with Crippen LogP contribution in [0.2, 0.25) is 0 Å². The van der Waals surface area contributed by atoms with E-state index >= 15 is 0 Å². The van der Waals surface area contributed by atoms with Crippen molar-refractivity contribution in [3.8, 4) is 22.3 Å². The molecule has 0 nitrogen and oxygen atoms in total. The smallest absolute Gasteiger partial charge is 0.0103 e. The molecule has 110 valence electrons. The van der Waals surface area contributed by atoms with Gasteiger partial charge in [0.25, 0.3) is 0 Å². The van der Waals surface area contributed by atoms with Gasteiger partial charge in [-0.15, -0.1) is 0 Å². The van der Waals surface area contributed by atoms with Gasteiger partial charge in [0.15, 0.2) is 0 Å². The molecule has 0 aromatic heterocycles. The highest BCUT2D eigenvalue weighted by atomic mass is 14.1. The van der Waals surface area contributed by atoms with Crippen LogP contribution in [0.1, 0.15) is 30.9 Å². The fourth-order valence-corrected chi connectivity index (χ4v) is 2.76. The molecule has 3 aromatic rings. The molecule has 0 aliphatic rings. The van der Waals surface area contributed by atoms with Gasteiger partial charge in [-0.1, -0.05) is 92.2 Å². The first-order valence-electron chi connectivity index (χ1n) is 7.91. The molecular weight excluding hydrogens is 264 g/mol. The van der Waals surface area contributed by atoms with Crippen molar-refractivity contribution in [2.24, 2.45) is 0 Å². The topological polar surface area (TPSA) is 0 Å². The highest BCUT2D eigenvalue weighted by Crippen LogP contribution is 2.34. The lowest BCUT2D eigenvalue weighted by Gasteiger charge is -2.14. The molecule has 0 fully saturated rings. The van der Waals surface area contributed by atoms with E-state index in [1.807, 2.05) is 0 Å². The third kappa shape index (κ3) is 2.96. The van der Waals surface area contributed by atoms with Gasteiger partial charge in [0, 0.05) is 0 Å². The second-order valence-electron chi connectivity index (χ2n) is 6.19. The molecule has 0 heterocycles. The van der Waals surface area contributed by atoms with Crippen LogP contribution in [-0.2, 0) is 0 Å². The summed E-state index contributed by atoms with van der Waals surface area (Å²) in [5.74, 6) is 0.537. The fourth-order valence-electron chi connectivity index (χ4n) is 2.76. The molecule has 3 rings (SSSR count). The van der Waals surface area contributed by atoms with Gasteiger partial charge in [0.05, 0.1) is 0 Å². The predicted molar refractivity (Wildman–Crippen MR) is 96.1 cm³/mol. The van der Waals surface area contributed by atoms with E-state index < -0.39 is 0 Å². The second kappa shape index (κ2) is 6.19. The van der Waals surface area contributed by atoms with Crippen molar-refractivity contribution in [3.63, 3.8) is 0 Å². The zero-order valence-electron chi connectivity index (χ0n) is 13.5. The van der Waals surface area contributed by atoms with Crippen LogP contribution in [0.3, 0.4) is 0 Å². The molecule has 0 saturated heterocycles. The monoisotopic (exact) mass is 286 g/mol. The lowest BCUT2D eigenvalue weighted by molar-refractivity contribution is 0.867. The van der Waals surface area contributed by atoms with Crippen LogP contribution in [0.15, 0.2) is 72.8 Å². The Bertz CT molecular complexity index is 750. The Morgan fingerprint density at radius 3 is 1.91 bits per heavy atom. The van der Waals surface area contributed by atoms with Crippen LogP contribution < -0.4 is 0 Å². The van der Waals surface area contributed by atoms with Gasteiger partial charge in [0.2, 0.25) is 0 Å². The zero-order valence-corrected chi connectivity index (χ0v) is 13.5. The summed E-state index contributed by atoms with van der Waals surface area (Å²) in [6, 6.07) is 26.3. The summed E-state index contributed by atoms with van der Waals surface area (Å²) in [6.45, 7) is 6.62. The van der Waals surface area contributed by atoms with E-state index in [1.165, 1.54) is 33.4 Å². The highest BCUT2D eigenvalue weighted by Gasteiger charge is 2.10. The van der Waals surface area contributed by atoms with Crippen LogP contribution >= 0.6 is 0 Å². The van der Waals surface area contributed by atoms with Gasteiger partial charge >= 0.3 is 0 Å². The summed E-state index contributed by atoms with van der Waals surface area (Å²) in [7, 11) is 0. The third-order valence-electron chi connectivity index (χ3n) is 4.16. The minimum absolute atomic E-state index is 0.537. The van der Waals surface area contributed by atoms with Crippen molar-refractivity contribution >= 4 is 0 Å². The maximum atomic E-state index is 2.34. The number of benzene rings is 3. The minimum Gasteiger partial charge on any atom is -0.0622 e. The van der Waals surface area contributed by atoms with Crippen LogP contribution in [0.5, 0.6) is 0 Å². The molecule has 0 spiro atoms. The van der Waals surface area contributed by atoms with Crippen LogP contribution in [-0.4, -0.2) is 0 Å². The van der Waals surface area contributed by atoms with E-state index in [9.17, 15) is 0 Å². The number of hydrogen-bond acceptors (Lipinski definition) is 0. The molecule has 0 aliphatic carbocycles. The molecule has 0 unspecified atom stereocenters. The van der Waals surface area contributed by atoms with Crippen LogP contribution in [0, 0.1) is 6.92 Å². The van der Waals surface area contributed by atoms with E-state index in [4.69, 9.17) is 0 Å². The molecule has 0 N–H and O–H groups in total. The van der Waals surface area contributed by atoms with E-state index in [0.29, 0.717) is 5.92 Å². The summed E-state index contributed by atoms with van der Waals surface area (Å²) in [5.41, 5.74) is 7.85. The molecule has 0 radical (unpaired) electrons. The van der Waals surface area contributed by atoms with Crippen LogP contribution in [0.25, 0.3) is 22.3 Å². The Balaban J connectivity index is 2.19. The zero-order chi connectivity index (χ0) is 15.5. The molecule has 0 atom stereocenters. The van der Waals surface area contributed by atoms with Crippen molar-refractivity contribution in [3.05, 3.63) is 83.9 Å². The summed E-state index contributed by atoms with van der Waals surface area (Å²) in [5, 5.41) is 0. The average Bonchev–Trinajstić information content (AvgIpc) is 2.56. The molecule has 22 heavy (non-hydrogen) atoms. The minimum atomic E-state index is 0.537. The van der Waals surface area contributed by atoms with Crippen molar-refractivity contribution in [2.75, 3.05) is 0 Å². The molecule has 0 aliphatic heterocycles. The van der Waals surface area contributed by atoms with Gasteiger partial charge in [0.1, 0.15) is 0 Å². The Morgan fingerprint density at radius 1 is 0.636 bits per heavy atom. The van der Waals surface area contributed by atoms with Crippen molar-refractivity contribution in [1.29, 1.82) is 0 Å². The van der Waals surface area contributed by atoms with Gasteiger partial charge in [-0.25, -0.2) is 0 Å². The summed E-state index contributed by atoms with van der Waals surface area (Å²) < 4.78 is 0. The summed E-state index contributed by atoms with van der Waals surface area (Å²) in [6.07, 6.45) is 0. The van der Waals surface area contributed by atoms with Gasteiger partial charge in [-0.3, -0.25) is 0 Å². The maximum Gasteiger partial charge on any atom is -0.0103 e. The number of rotatable bonds is 3. The van der Waals surface area contributed by atoms with Crippen molar-refractivity contribution < 1.29 is 0 Å². The summed E-state index contributed by atoms with van der Waals surface area (Å²) >= 11 is 0. The fraction of sp³-hybridized carbons (Fsp3) is 0.182. The SMILES string of the molecule is Cc1ccc(-c2ccc(C(C)C)cc2-c2ccccc2)cc1. The van der Waals surface area contributed by atoms with Gasteiger partial charge in [-0.2, -0.15) is 0 Å². The Kier molecular flexibility index (Phi) is 4.11. The Hall–Kier alpha value is -2.34. The predicted octanol–water partition coefficient (Wildman–Crippen LogP) is 6.45. The largest absolute Gasteiger partial charge is 0.0622 e. The van der Waals surface area contributed by atoms with Crippen molar-refractivity contribution in [1.82, 2.24) is 0 Å². The first-order valence-corrected chi connectivity index (χ1v) is 7.91. The normalized spacial score (nSPS) is 10.9. The molecule has 3 aromatic carbocycles. The van der Waals surface area contributed by atoms with E-state index in [2.05, 4.69) is 93.6 Å². The Morgan fingerprint density at radius 2 is 1.27 bits per heavy atom. The highest BCUT2D eigenvalue weighted by molar-refractivity contribution is 5.84. The molecule has 0 saturated carbocycles. The average molecular weight is 286 g/mol. The van der Waals surface area contributed by atoms with Crippen molar-refractivity contribution in [2.45, 2.75) is 26.7 Å². The lowest BCUT2D eigenvalue weighted by Crippen LogP contribution is -1.91. The van der Waals surface area contributed by atoms with Gasteiger partial charge < -0.3 is 0 Å². The molecular formula is C22H22. The van der Waals surface area contributed by atoms with E-state index in [-0.39, 0.29) is 0 Å². The number of aryl methyl sites for hydroxylation is 1.